The highest BCUT2D eigenvalue weighted by Gasteiger charge is 2.30. The van der Waals surface area contributed by atoms with Crippen LogP contribution in [0.5, 0.6) is 0 Å². The molecule has 8 nitrogen and oxygen atoms in total. The summed E-state index contributed by atoms with van der Waals surface area (Å²) < 4.78 is 6.84. The zero-order valence-electron chi connectivity index (χ0n) is 24.3. The average molecular weight is 666 g/mol. The van der Waals surface area contributed by atoms with E-state index in [2.05, 4.69) is 10.3 Å². The van der Waals surface area contributed by atoms with Crippen LogP contribution in [-0.4, -0.2) is 64.7 Å². The highest BCUT2D eigenvalue weighted by Crippen LogP contribution is 2.21. The third-order valence-electron chi connectivity index (χ3n) is 6.93. The van der Waals surface area contributed by atoms with Gasteiger partial charge in [0.25, 0.3) is 0 Å². The molecule has 0 unspecified atom stereocenters. The Morgan fingerprint density at radius 1 is 1.21 bits per heavy atom. The van der Waals surface area contributed by atoms with Gasteiger partial charge in [0.05, 0.1) is 24.2 Å². The fraction of sp³-hybridized carbons (Fsp3) is 0.355. The lowest BCUT2D eigenvalue weighted by molar-refractivity contribution is -0.145. The summed E-state index contributed by atoms with van der Waals surface area (Å²) >= 11 is 19.7. The van der Waals surface area contributed by atoms with Crippen molar-refractivity contribution in [3.05, 3.63) is 98.4 Å². The van der Waals surface area contributed by atoms with Crippen LogP contribution in [0.2, 0.25) is 5.02 Å². The SMILES string of the molecule is COC(=O)[C@H](Cc1cn(Cc2cccc(Cl)c2)cn1)NC(=O)C1CCN(C(=O)/C=C/C(=C/C=C(\C)SC)C(/Cl)=C/Cl)CC1. The number of likely N-dealkylation sites (tertiary alicyclic amines) is 1. The summed E-state index contributed by atoms with van der Waals surface area (Å²) in [5.74, 6) is -1.33. The second-order valence-electron chi connectivity index (χ2n) is 9.95. The van der Waals surface area contributed by atoms with Gasteiger partial charge in [-0.05, 0) is 60.3 Å². The number of benzene rings is 1. The highest BCUT2D eigenvalue weighted by molar-refractivity contribution is 8.02. The third kappa shape index (κ3) is 10.9. The Hall–Kier alpha value is -2.98. The van der Waals surface area contributed by atoms with Crippen LogP contribution in [0, 0.1) is 5.92 Å². The zero-order valence-corrected chi connectivity index (χ0v) is 27.3. The molecule has 1 aliphatic rings. The van der Waals surface area contributed by atoms with Gasteiger partial charge in [-0.1, -0.05) is 59.1 Å². The van der Waals surface area contributed by atoms with Gasteiger partial charge in [-0.2, -0.15) is 0 Å². The molecule has 0 spiro atoms. The first-order valence-corrected chi connectivity index (χ1v) is 16.0. The summed E-state index contributed by atoms with van der Waals surface area (Å²) in [6.45, 7) is 3.35. The van der Waals surface area contributed by atoms with Gasteiger partial charge in [-0.25, -0.2) is 9.78 Å². The molecule has 1 aliphatic heterocycles. The topological polar surface area (TPSA) is 93.5 Å². The van der Waals surface area contributed by atoms with Crippen LogP contribution in [0.1, 0.15) is 31.0 Å². The number of thioether (sulfide) groups is 1. The monoisotopic (exact) mass is 664 g/mol. The van der Waals surface area contributed by atoms with Crippen LogP contribution in [0.15, 0.2) is 82.1 Å². The molecule has 0 radical (unpaired) electrons. The quantitative estimate of drug-likeness (QED) is 0.168. The Morgan fingerprint density at radius 2 is 1.95 bits per heavy atom. The number of piperidine rings is 1. The maximum atomic E-state index is 13.1. The largest absolute Gasteiger partial charge is 0.467 e. The van der Waals surface area contributed by atoms with Gasteiger partial charge in [0.15, 0.2) is 0 Å². The van der Waals surface area contributed by atoms with E-state index in [1.807, 2.05) is 54.3 Å². The highest BCUT2D eigenvalue weighted by atomic mass is 35.5. The number of imidazole rings is 1. The van der Waals surface area contributed by atoms with Crippen molar-refractivity contribution >= 4 is 64.3 Å². The lowest BCUT2D eigenvalue weighted by atomic mass is 9.95. The molecule has 0 bridgehead atoms. The van der Waals surface area contributed by atoms with Crippen LogP contribution in [-0.2, 0) is 32.1 Å². The fourth-order valence-corrected chi connectivity index (χ4v) is 5.13. The van der Waals surface area contributed by atoms with Gasteiger partial charge >= 0.3 is 5.97 Å². The lowest BCUT2D eigenvalue weighted by Crippen LogP contribution is -2.48. The van der Waals surface area contributed by atoms with Crippen molar-refractivity contribution in [2.45, 2.75) is 38.8 Å². The molecule has 2 heterocycles. The molecule has 1 saturated heterocycles. The summed E-state index contributed by atoms with van der Waals surface area (Å²) in [5.41, 5.74) is 3.52. The van der Waals surface area contributed by atoms with Crippen LogP contribution < -0.4 is 5.32 Å². The van der Waals surface area contributed by atoms with Crippen LogP contribution >= 0.6 is 46.6 Å². The molecule has 2 aromatic rings. The van der Waals surface area contributed by atoms with E-state index in [4.69, 9.17) is 39.5 Å². The molecule has 43 heavy (non-hydrogen) atoms. The molecule has 0 saturated carbocycles. The number of ether oxygens (including phenoxy) is 1. The first kappa shape index (κ1) is 34.5. The van der Waals surface area contributed by atoms with Crippen molar-refractivity contribution < 1.29 is 19.1 Å². The summed E-state index contributed by atoms with van der Waals surface area (Å²) in [6, 6.07) is 6.65. The Balaban J connectivity index is 1.56. The minimum atomic E-state index is -0.886. The number of nitrogens with one attached hydrogen (secondary N) is 1. The van der Waals surface area contributed by atoms with E-state index in [-0.39, 0.29) is 24.2 Å². The third-order valence-corrected chi connectivity index (χ3v) is 8.60. The van der Waals surface area contributed by atoms with Crippen LogP contribution in [0.4, 0.5) is 0 Å². The van der Waals surface area contributed by atoms with Crippen LogP contribution in [0.25, 0.3) is 0 Å². The number of carbonyl (C=O) groups is 3. The van der Waals surface area contributed by atoms with Crippen molar-refractivity contribution in [3.8, 4) is 0 Å². The Kier molecular flexibility index (Phi) is 13.9. The molecule has 12 heteroatoms. The summed E-state index contributed by atoms with van der Waals surface area (Å²) in [5, 5.41) is 3.81. The summed E-state index contributed by atoms with van der Waals surface area (Å²) in [6.07, 6.45) is 13.4. The van der Waals surface area contributed by atoms with Crippen molar-refractivity contribution in [3.63, 3.8) is 0 Å². The Bertz CT molecular complexity index is 1410. The Labute approximate surface area is 271 Å². The number of esters is 1. The molecule has 1 aromatic heterocycles. The summed E-state index contributed by atoms with van der Waals surface area (Å²) in [4.78, 5) is 45.7. The lowest BCUT2D eigenvalue weighted by Gasteiger charge is -2.31. The van der Waals surface area contributed by atoms with E-state index < -0.39 is 12.0 Å². The first-order valence-electron chi connectivity index (χ1n) is 13.6. The van der Waals surface area contributed by atoms with Crippen molar-refractivity contribution in [2.24, 2.45) is 5.92 Å². The number of aromatic nitrogens is 2. The van der Waals surface area contributed by atoms with E-state index in [0.29, 0.717) is 53.8 Å². The number of amides is 2. The van der Waals surface area contributed by atoms with Gasteiger partial charge in [0.2, 0.25) is 11.8 Å². The van der Waals surface area contributed by atoms with Crippen molar-refractivity contribution in [2.75, 3.05) is 26.5 Å². The average Bonchev–Trinajstić information content (AvgIpc) is 3.45. The van der Waals surface area contributed by atoms with E-state index in [1.165, 1.54) is 18.7 Å². The number of halogens is 3. The summed E-state index contributed by atoms with van der Waals surface area (Å²) in [7, 11) is 1.29. The molecule has 3 rings (SSSR count). The zero-order chi connectivity index (χ0) is 31.4. The number of carbonyl (C=O) groups excluding carboxylic acids is 3. The van der Waals surface area contributed by atoms with Gasteiger partial charge in [-0.15, -0.1) is 11.8 Å². The molecule has 1 atom stereocenters. The molecule has 230 valence electrons. The maximum Gasteiger partial charge on any atom is 0.328 e. The standard InChI is InChI=1S/C31H35Cl3N4O4S/c1-21(43-3)7-8-23(27(34)17-32)9-10-29(39)38-13-11-24(12-14-38)30(40)36-28(31(41)42-2)16-26-19-37(20-35-26)18-22-5-4-6-25(33)15-22/h4-10,15,17,19-20,24,28H,11-14,16,18H2,1-3H3,(H,36,40)/b10-9+,21-7+,23-8-,27-17-/t28-/m0/s1. The molecular formula is C31H35Cl3N4O4S. The van der Waals surface area contributed by atoms with Gasteiger partial charge in [-0.3, -0.25) is 9.59 Å². The van der Waals surface area contributed by atoms with Gasteiger partial charge in [0.1, 0.15) is 6.04 Å². The van der Waals surface area contributed by atoms with Crippen molar-refractivity contribution in [1.29, 1.82) is 0 Å². The van der Waals surface area contributed by atoms with Crippen LogP contribution in [0.3, 0.4) is 0 Å². The van der Waals surface area contributed by atoms with Gasteiger partial charge < -0.3 is 19.5 Å². The second kappa shape index (κ2) is 17.3. The van der Waals surface area contributed by atoms with Crippen molar-refractivity contribution in [1.82, 2.24) is 19.8 Å². The normalized spacial score (nSPS) is 16.0. The molecule has 0 aliphatic carbocycles. The first-order chi connectivity index (χ1) is 20.6. The molecular weight excluding hydrogens is 631 g/mol. The molecule has 1 N–H and O–H groups in total. The van der Waals surface area contributed by atoms with E-state index in [1.54, 1.807) is 35.1 Å². The van der Waals surface area contributed by atoms with E-state index in [9.17, 15) is 14.4 Å². The second-order valence-corrected chi connectivity index (χ2v) is 12.1. The number of methoxy groups -OCH3 is 1. The number of allylic oxidation sites excluding steroid dienone is 6. The van der Waals surface area contributed by atoms with Gasteiger partial charge in [0, 0.05) is 54.8 Å². The Morgan fingerprint density at radius 3 is 2.60 bits per heavy atom. The molecule has 1 aromatic carbocycles. The predicted octanol–water partition coefficient (Wildman–Crippen LogP) is 6.09. The minimum Gasteiger partial charge on any atom is -0.467 e. The smallest absolute Gasteiger partial charge is 0.328 e. The fourth-order valence-electron chi connectivity index (χ4n) is 4.46. The number of hydrogen-bond acceptors (Lipinski definition) is 6. The van der Waals surface area contributed by atoms with E-state index in [0.717, 1.165) is 10.5 Å². The van der Waals surface area contributed by atoms with E-state index >= 15 is 0 Å². The maximum absolute atomic E-state index is 13.1. The number of hydrogen-bond donors (Lipinski definition) is 1. The molecule has 2 amide bonds. The predicted molar refractivity (Wildman–Crippen MR) is 174 cm³/mol. The number of nitrogens with zero attached hydrogens (tertiary/aromatic N) is 3. The number of rotatable bonds is 12. The minimum absolute atomic E-state index is 0.184. The molecule has 1 fully saturated rings.